The van der Waals surface area contributed by atoms with Crippen molar-refractivity contribution in [3.63, 3.8) is 0 Å². The van der Waals surface area contributed by atoms with Gasteiger partial charge in [0.1, 0.15) is 18.2 Å². The summed E-state index contributed by atoms with van der Waals surface area (Å²) in [5, 5.41) is 5.51. The van der Waals surface area contributed by atoms with E-state index in [4.69, 9.17) is 26.1 Å². The summed E-state index contributed by atoms with van der Waals surface area (Å²) in [6.45, 7) is 0.908. The van der Waals surface area contributed by atoms with Crippen LogP contribution in [0.15, 0.2) is 54.7 Å². The molecular weight excluding hydrogens is 554 g/mol. The summed E-state index contributed by atoms with van der Waals surface area (Å²) in [6.07, 6.45) is 1.77. The summed E-state index contributed by atoms with van der Waals surface area (Å²) >= 11 is 6.03. The van der Waals surface area contributed by atoms with Gasteiger partial charge in [-0.15, -0.1) is 0 Å². The van der Waals surface area contributed by atoms with E-state index in [0.29, 0.717) is 12.0 Å². The molecule has 3 aromatic rings. The second-order valence-electron chi connectivity index (χ2n) is 8.55. The molecular formula is C25H29ClFN4O7P. The molecule has 0 fully saturated rings. The molecule has 1 atom stereocenters. The van der Waals surface area contributed by atoms with Gasteiger partial charge in [0.15, 0.2) is 0 Å². The Morgan fingerprint density at radius 2 is 1.90 bits per heavy atom. The highest BCUT2D eigenvalue weighted by Crippen LogP contribution is 2.35. The summed E-state index contributed by atoms with van der Waals surface area (Å²) in [7, 11) is -4.60. The fourth-order valence-electron chi connectivity index (χ4n) is 3.77. The molecule has 0 aliphatic heterocycles. The number of benzene rings is 2. The van der Waals surface area contributed by atoms with Gasteiger partial charge in [-0.1, -0.05) is 48.0 Å². The Hall–Kier alpha value is -3.12. The number of amides is 2. The smallest absolute Gasteiger partial charge is 0.447 e. The first kappa shape index (κ1) is 30.4. The number of nitrogens with one attached hydrogen (secondary N) is 2. The minimum Gasteiger partial charge on any atom is -0.447 e. The lowest BCUT2D eigenvalue weighted by molar-refractivity contribution is -0.136. The number of pyridine rings is 1. The molecule has 11 nitrogen and oxygen atoms in total. The Labute approximate surface area is 229 Å². The lowest BCUT2D eigenvalue weighted by Crippen LogP contribution is -2.50. The quantitative estimate of drug-likeness (QED) is 0.127. The molecule has 0 aliphatic rings. The molecule has 39 heavy (non-hydrogen) atoms. The molecule has 1 aromatic heterocycles. The zero-order chi connectivity index (χ0) is 28.4. The van der Waals surface area contributed by atoms with E-state index >= 15 is 0 Å². The average molecular weight is 583 g/mol. The topological polar surface area (TPSA) is 150 Å². The van der Waals surface area contributed by atoms with Crippen LogP contribution < -0.4 is 10.7 Å². The van der Waals surface area contributed by atoms with Crippen LogP contribution in [-0.4, -0.2) is 51.0 Å². The number of aromatic nitrogens is 1. The van der Waals surface area contributed by atoms with Crippen LogP contribution in [0.1, 0.15) is 31.7 Å². The number of hydrogen-bond acceptors (Lipinski definition) is 7. The van der Waals surface area contributed by atoms with E-state index in [1.165, 1.54) is 24.1 Å². The highest BCUT2D eigenvalue weighted by molar-refractivity contribution is 7.46. The second kappa shape index (κ2) is 14.3. The standard InChI is InChI=1S/C25H29ClFN4O7P/c1-17(32)31(29-15-20-9-6-11-22(27)24(20)26)21(10-4-5-12-38-39(34,35)36)16-37-25(33)30-23-13-18-7-2-3-8-19(18)14-28-23/h2-3,6-9,11,13-14,21,29H,4-5,10,12,15-16H2,1H3,(H,28,30,33)(H2,34,35,36). The first-order chi connectivity index (χ1) is 18.5. The lowest BCUT2D eigenvalue weighted by atomic mass is 10.1. The van der Waals surface area contributed by atoms with Gasteiger partial charge in [0.25, 0.3) is 0 Å². The summed E-state index contributed by atoms with van der Waals surface area (Å²) in [5.74, 6) is -0.722. The number of unbranched alkanes of at least 4 members (excludes halogenated alkanes) is 1. The number of hydrogen-bond donors (Lipinski definition) is 4. The first-order valence-corrected chi connectivity index (χ1v) is 13.9. The number of carbonyl (C=O) groups excluding carboxylic acids is 2. The van der Waals surface area contributed by atoms with Crippen LogP contribution in [0, 0.1) is 5.82 Å². The maximum absolute atomic E-state index is 13.8. The van der Waals surface area contributed by atoms with Gasteiger partial charge >= 0.3 is 13.9 Å². The molecule has 2 aromatic carbocycles. The van der Waals surface area contributed by atoms with Crippen LogP contribution in [0.2, 0.25) is 5.02 Å². The molecule has 4 N–H and O–H groups in total. The number of hydrazine groups is 1. The van der Waals surface area contributed by atoms with E-state index in [2.05, 4.69) is 20.3 Å². The van der Waals surface area contributed by atoms with Gasteiger partial charge in [-0.05, 0) is 42.3 Å². The number of carbonyl (C=O) groups is 2. The number of anilines is 1. The van der Waals surface area contributed by atoms with E-state index < -0.39 is 31.7 Å². The maximum Gasteiger partial charge on any atom is 0.469 e. The van der Waals surface area contributed by atoms with Gasteiger partial charge in [-0.2, -0.15) is 0 Å². The van der Waals surface area contributed by atoms with Crippen LogP contribution in [-0.2, 0) is 25.2 Å². The highest BCUT2D eigenvalue weighted by Gasteiger charge is 2.24. The van der Waals surface area contributed by atoms with E-state index in [-0.39, 0.29) is 43.4 Å². The van der Waals surface area contributed by atoms with Gasteiger partial charge in [0, 0.05) is 25.1 Å². The predicted octanol–water partition coefficient (Wildman–Crippen LogP) is 4.78. The zero-order valence-corrected chi connectivity index (χ0v) is 22.7. The second-order valence-corrected chi connectivity index (χ2v) is 10.2. The van der Waals surface area contributed by atoms with Crippen molar-refractivity contribution >= 4 is 48.0 Å². The SMILES string of the molecule is CC(=O)N(NCc1cccc(F)c1Cl)C(CCCCOP(=O)(O)O)COC(=O)Nc1cc2ccccc2cn1. The lowest BCUT2D eigenvalue weighted by Gasteiger charge is -2.31. The van der Waals surface area contributed by atoms with E-state index in [9.17, 15) is 18.5 Å². The van der Waals surface area contributed by atoms with Crippen LogP contribution in [0.4, 0.5) is 15.0 Å². The number of phosphoric ester groups is 1. The Morgan fingerprint density at radius 1 is 1.15 bits per heavy atom. The van der Waals surface area contributed by atoms with Crippen molar-refractivity contribution in [2.75, 3.05) is 18.5 Å². The molecule has 0 saturated carbocycles. The molecule has 1 heterocycles. The summed E-state index contributed by atoms with van der Waals surface area (Å²) in [5.41, 5.74) is 3.33. The Kier molecular flexibility index (Phi) is 11.2. The van der Waals surface area contributed by atoms with Gasteiger partial charge in [-0.25, -0.2) is 24.2 Å². The normalized spacial score (nSPS) is 12.2. The molecule has 0 radical (unpaired) electrons. The highest BCUT2D eigenvalue weighted by atomic mass is 35.5. The van der Waals surface area contributed by atoms with Gasteiger partial charge in [0.2, 0.25) is 5.91 Å². The number of fused-ring (bicyclic) bond motifs is 1. The van der Waals surface area contributed by atoms with Gasteiger partial charge in [-0.3, -0.25) is 19.6 Å². The van der Waals surface area contributed by atoms with Crippen molar-refractivity contribution in [1.82, 2.24) is 15.4 Å². The Balaban J connectivity index is 1.65. The molecule has 210 valence electrons. The maximum atomic E-state index is 13.8. The number of rotatable bonds is 13. The van der Waals surface area contributed by atoms with Crippen molar-refractivity contribution in [3.05, 3.63) is 71.1 Å². The molecule has 3 rings (SSSR count). The van der Waals surface area contributed by atoms with E-state index in [0.717, 1.165) is 10.8 Å². The monoisotopic (exact) mass is 582 g/mol. The van der Waals surface area contributed by atoms with Crippen molar-refractivity contribution < 1.29 is 37.6 Å². The predicted molar refractivity (Wildman–Crippen MR) is 143 cm³/mol. The Bertz CT molecular complexity index is 1340. The number of ether oxygens (including phenoxy) is 1. The molecule has 0 spiro atoms. The van der Waals surface area contributed by atoms with Crippen molar-refractivity contribution in [3.8, 4) is 0 Å². The summed E-state index contributed by atoms with van der Waals surface area (Å²) in [6, 6.07) is 12.8. The molecule has 1 unspecified atom stereocenters. The van der Waals surface area contributed by atoms with Crippen molar-refractivity contribution in [2.24, 2.45) is 0 Å². The number of nitrogens with zero attached hydrogens (tertiary/aromatic N) is 2. The number of phosphoric acid groups is 1. The largest absolute Gasteiger partial charge is 0.469 e. The van der Waals surface area contributed by atoms with Crippen molar-refractivity contribution in [1.29, 1.82) is 0 Å². The van der Waals surface area contributed by atoms with Crippen LogP contribution in [0.3, 0.4) is 0 Å². The van der Waals surface area contributed by atoms with Crippen LogP contribution in [0.5, 0.6) is 0 Å². The van der Waals surface area contributed by atoms with Gasteiger partial charge in [0.05, 0.1) is 17.7 Å². The summed E-state index contributed by atoms with van der Waals surface area (Å²) < 4.78 is 34.6. The van der Waals surface area contributed by atoms with E-state index in [1.54, 1.807) is 18.3 Å². The minimum atomic E-state index is -4.60. The fourth-order valence-corrected chi connectivity index (χ4v) is 4.33. The average Bonchev–Trinajstić information content (AvgIpc) is 2.88. The summed E-state index contributed by atoms with van der Waals surface area (Å²) in [4.78, 5) is 46.9. The van der Waals surface area contributed by atoms with E-state index in [1.807, 2.05) is 24.3 Å². The molecule has 0 aliphatic carbocycles. The fraction of sp³-hybridized carbons (Fsp3) is 0.320. The van der Waals surface area contributed by atoms with Crippen molar-refractivity contribution in [2.45, 2.75) is 38.8 Å². The third kappa shape index (κ3) is 9.85. The third-order valence-corrected chi connectivity index (χ3v) is 6.58. The van der Waals surface area contributed by atoms with Gasteiger partial charge < -0.3 is 14.5 Å². The first-order valence-electron chi connectivity index (χ1n) is 12.0. The number of halogens is 2. The third-order valence-electron chi connectivity index (χ3n) is 5.63. The molecule has 0 bridgehead atoms. The molecule has 14 heteroatoms. The minimum absolute atomic E-state index is 0.0151. The molecule has 0 saturated heterocycles. The van der Waals surface area contributed by atoms with Crippen LogP contribution in [0.25, 0.3) is 10.8 Å². The zero-order valence-electron chi connectivity index (χ0n) is 21.0. The Morgan fingerprint density at radius 3 is 2.62 bits per heavy atom. The van der Waals surface area contributed by atoms with Crippen LogP contribution >= 0.6 is 19.4 Å². The molecule has 2 amide bonds.